The highest BCUT2D eigenvalue weighted by molar-refractivity contribution is 5.70. The molecule has 0 bridgehead atoms. The van der Waals surface area contributed by atoms with Crippen molar-refractivity contribution < 1.29 is 14.3 Å². The van der Waals surface area contributed by atoms with E-state index in [9.17, 15) is 4.79 Å². The predicted molar refractivity (Wildman–Crippen MR) is 98.1 cm³/mol. The van der Waals surface area contributed by atoms with Gasteiger partial charge in [-0.2, -0.15) is 0 Å². The molecule has 0 radical (unpaired) electrons. The fourth-order valence-electron chi connectivity index (χ4n) is 4.30. The van der Waals surface area contributed by atoms with E-state index >= 15 is 0 Å². The third-order valence-corrected chi connectivity index (χ3v) is 5.42. The Hall–Kier alpha value is -1.59. The smallest absolute Gasteiger partial charge is 0.308 e. The van der Waals surface area contributed by atoms with Crippen LogP contribution in [-0.4, -0.2) is 44.2 Å². The Kier molecular flexibility index (Phi) is 6.32. The molecule has 1 aromatic rings. The Morgan fingerprint density at radius 3 is 2.52 bits per heavy atom. The third kappa shape index (κ3) is 4.53. The molecule has 1 aliphatic carbocycles. The molecule has 1 N–H and O–H groups in total. The Bertz CT molecular complexity index is 560. The molecule has 1 aromatic carbocycles. The number of nitrogens with one attached hydrogen (secondary N) is 1. The van der Waals surface area contributed by atoms with E-state index in [0.29, 0.717) is 23.5 Å². The number of rotatable bonds is 5. The van der Waals surface area contributed by atoms with Crippen LogP contribution in [0.4, 0.5) is 0 Å². The number of piperazine rings is 1. The van der Waals surface area contributed by atoms with Crippen LogP contribution in [0, 0.1) is 5.92 Å². The van der Waals surface area contributed by atoms with Crippen LogP contribution >= 0.6 is 0 Å². The molecule has 5 nitrogen and oxygen atoms in total. The lowest BCUT2D eigenvalue weighted by atomic mass is 9.80. The van der Waals surface area contributed by atoms with Gasteiger partial charge in [0.1, 0.15) is 0 Å². The van der Waals surface area contributed by atoms with Gasteiger partial charge < -0.3 is 14.8 Å². The zero-order chi connectivity index (χ0) is 17.6. The second-order valence-electron chi connectivity index (χ2n) is 7.13. The van der Waals surface area contributed by atoms with Crippen LogP contribution in [0.1, 0.15) is 50.6 Å². The lowest BCUT2D eigenvalue weighted by Gasteiger charge is -2.41. The summed E-state index contributed by atoms with van der Waals surface area (Å²) in [5.41, 5.74) is 1.28. The van der Waals surface area contributed by atoms with Crippen molar-refractivity contribution in [3.05, 3.63) is 23.8 Å². The minimum Gasteiger partial charge on any atom is -0.493 e. The van der Waals surface area contributed by atoms with E-state index in [1.165, 1.54) is 44.6 Å². The van der Waals surface area contributed by atoms with E-state index < -0.39 is 0 Å². The van der Waals surface area contributed by atoms with Gasteiger partial charge in [0.15, 0.2) is 11.5 Å². The second-order valence-corrected chi connectivity index (χ2v) is 7.13. The minimum absolute atomic E-state index is 0.322. The molecular formula is C20H30N2O3. The topological polar surface area (TPSA) is 50.8 Å². The molecule has 1 heterocycles. The normalized spacial score (nSPS) is 20.9. The summed E-state index contributed by atoms with van der Waals surface area (Å²) in [6, 6.07) is 6.48. The van der Waals surface area contributed by atoms with Crippen LogP contribution in [0.25, 0.3) is 0 Å². The molecule has 1 atom stereocenters. The molecule has 3 rings (SSSR count). The molecule has 5 heteroatoms. The molecule has 0 aromatic heterocycles. The number of esters is 1. The minimum atomic E-state index is -0.322. The van der Waals surface area contributed by atoms with Crippen LogP contribution in [0.3, 0.4) is 0 Å². The van der Waals surface area contributed by atoms with Crippen LogP contribution in [0.5, 0.6) is 11.5 Å². The Morgan fingerprint density at radius 2 is 1.88 bits per heavy atom. The van der Waals surface area contributed by atoms with E-state index in [0.717, 1.165) is 26.2 Å². The summed E-state index contributed by atoms with van der Waals surface area (Å²) in [5, 5.41) is 3.45. The quantitative estimate of drug-likeness (QED) is 0.656. The Balaban J connectivity index is 1.89. The Morgan fingerprint density at radius 1 is 1.16 bits per heavy atom. The summed E-state index contributed by atoms with van der Waals surface area (Å²) >= 11 is 0. The number of ether oxygens (including phenoxy) is 2. The number of carbonyl (C=O) groups is 1. The number of benzene rings is 1. The average molecular weight is 346 g/mol. The average Bonchev–Trinajstić information content (AvgIpc) is 2.64. The van der Waals surface area contributed by atoms with Crippen LogP contribution in [0.15, 0.2) is 18.2 Å². The van der Waals surface area contributed by atoms with Crippen molar-refractivity contribution in [1.82, 2.24) is 10.2 Å². The van der Waals surface area contributed by atoms with Crippen molar-refractivity contribution in [2.75, 3.05) is 33.3 Å². The molecule has 0 amide bonds. The first kappa shape index (κ1) is 18.2. The maximum absolute atomic E-state index is 11.3. The molecular weight excluding hydrogens is 316 g/mol. The van der Waals surface area contributed by atoms with Gasteiger partial charge in [-0.1, -0.05) is 25.3 Å². The van der Waals surface area contributed by atoms with Crippen LogP contribution in [-0.2, 0) is 4.79 Å². The van der Waals surface area contributed by atoms with Crippen molar-refractivity contribution in [3.63, 3.8) is 0 Å². The summed E-state index contributed by atoms with van der Waals surface area (Å²) < 4.78 is 10.8. The maximum atomic E-state index is 11.3. The van der Waals surface area contributed by atoms with Crippen LogP contribution in [0.2, 0.25) is 0 Å². The molecule has 0 spiro atoms. The van der Waals surface area contributed by atoms with E-state index in [2.05, 4.69) is 22.3 Å². The molecule has 1 saturated heterocycles. The van der Waals surface area contributed by atoms with Gasteiger partial charge in [0.25, 0.3) is 0 Å². The van der Waals surface area contributed by atoms with Crippen LogP contribution < -0.4 is 14.8 Å². The monoisotopic (exact) mass is 346 g/mol. The first-order chi connectivity index (χ1) is 12.2. The maximum Gasteiger partial charge on any atom is 0.308 e. The predicted octanol–water partition coefficient (Wildman–Crippen LogP) is 3.15. The standard InChI is InChI=1S/C20H30N2O3/c1-15(23)25-18-9-8-17(14-19(18)24-2)20(16-6-4-3-5-7-16)22-12-10-21-11-13-22/h8-9,14,16,20-21H,3-7,10-13H2,1-2H3/t20-/m1/s1. The van der Waals surface area contributed by atoms with Gasteiger partial charge in [-0.3, -0.25) is 9.69 Å². The lowest BCUT2D eigenvalue weighted by Crippen LogP contribution is -2.47. The Labute approximate surface area is 150 Å². The second kappa shape index (κ2) is 8.68. The van der Waals surface area contributed by atoms with E-state index in [1.807, 2.05) is 6.07 Å². The summed E-state index contributed by atoms with van der Waals surface area (Å²) in [4.78, 5) is 13.9. The number of carbonyl (C=O) groups excluding carboxylic acids is 1. The molecule has 1 saturated carbocycles. The van der Waals surface area contributed by atoms with Gasteiger partial charge in [0.2, 0.25) is 0 Å². The summed E-state index contributed by atoms with van der Waals surface area (Å²) in [5.74, 6) is 1.51. The zero-order valence-corrected chi connectivity index (χ0v) is 15.4. The van der Waals surface area contributed by atoms with Gasteiger partial charge in [-0.05, 0) is 36.5 Å². The highest BCUT2D eigenvalue weighted by Crippen LogP contribution is 2.41. The summed E-state index contributed by atoms with van der Waals surface area (Å²) in [6.07, 6.45) is 6.61. The molecule has 25 heavy (non-hydrogen) atoms. The first-order valence-electron chi connectivity index (χ1n) is 9.50. The van der Waals surface area contributed by atoms with E-state index in [4.69, 9.17) is 9.47 Å². The van der Waals surface area contributed by atoms with E-state index in [-0.39, 0.29) is 5.97 Å². The fourth-order valence-corrected chi connectivity index (χ4v) is 4.30. The largest absolute Gasteiger partial charge is 0.493 e. The number of methoxy groups -OCH3 is 1. The zero-order valence-electron chi connectivity index (χ0n) is 15.4. The van der Waals surface area contributed by atoms with Gasteiger partial charge >= 0.3 is 5.97 Å². The fraction of sp³-hybridized carbons (Fsp3) is 0.650. The number of nitrogens with zero attached hydrogens (tertiary/aromatic N) is 1. The molecule has 2 fully saturated rings. The van der Waals surface area contributed by atoms with Gasteiger partial charge in [-0.15, -0.1) is 0 Å². The van der Waals surface area contributed by atoms with E-state index in [1.54, 1.807) is 7.11 Å². The third-order valence-electron chi connectivity index (χ3n) is 5.42. The lowest BCUT2D eigenvalue weighted by molar-refractivity contribution is -0.132. The van der Waals surface area contributed by atoms with Gasteiger partial charge in [0.05, 0.1) is 7.11 Å². The van der Waals surface area contributed by atoms with Gasteiger partial charge in [-0.25, -0.2) is 0 Å². The van der Waals surface area contributed by atoms with Gasteiger partial charge in [0, 0.05) is 39.1 Å². The summed E-state index contributed by atoms with van der Waals surface area (Å²) in [7, 11) is 1.63. The first-order valence-corrected chi connectivity index (χ1v) is 9.50. The molecule has 1 aliphatic heterocycles. The highest BCUT2D eigenvalue weighted by atomic mass is 16.6. The highest BCUT2D eigenvalue weighted by Gasteiger charge is 2.31. The molecule has 2 aliphatic rings. The van der Waals surface area contributed by atoms with Crippen molar-refractivity contribution in [2.45, 2.75) is 45.1 Å². The van der Waals surface area contributed by atoms with Crippen molar-refractivity contribution in [2.24, 2.45) is 5.92 Å². The molecule has 138 valence electrons. The molecule has 0 unspecified atom stereocenters. The van der Waals surface area contributed by atoms with Crippen molar-refractivity contribution >= 4 is 5.97 Å². The SMILES string of the molecule is COc1cc([C@@H](C2CCCCC2)N2CCNCC2)ccc1OC(C)=O. The summed E-state index contributed by atoms with van der Waals surface area (Å²) in [6.45, 7) is 5.67. The number of hydrogen-bond donors (Lipinski definition) is 1. The number of hydrogen-bond acceptors (Lipinski definition) is 5. The van der Waals surface area contributed by atoms with Crippen molar-refractivity contribution in [1.29, 1.82) is 0 Å². The van der Waals surface area contributed by atoms with Crippen molar-refractivity contribution in [3.8, 4) is 11.5 Å².